The van der Waals surface area contributed by atoms with E-state index in [-0.39, 0.29) is 13.2 Å². The molecule has 1 aromatic carbocycles. The highest BCUT2D eigenvalue weighted by molar-refractivity contribution is 14.1. The van der Waals surface area contributed by atoms with E-state index in [1.807, 2.05) is 12.1 Å². The number of hydrogen-bond acceptors (Lipinski definition) is 6. The summed E-state index contributed by atoms with van der Waals surface area (Å²) >= 11 is 6.60. The monoisotopic (exact) mass is 651 g/mol. The number of esters is 1. The van der Waals surface area contributed by atoms with Crippen LogP contribution in [0.25, 0.3) is 0 Å². The van der Waals surface area contributed by atoms with Crippen molar-refractivity contribution in [2.75, 3.05) is 19.0 Å². The largest absolute Gasteiger partial charge is 0.748 e. The second-order valence-corrected chi connectivity index (χ2v) is 8.92. The van der Waals surface area contributed by atoms with Gasteiger partial charge in [0.2, 0.25) is 0 Å². The maximum absolute atomic E-state index is 11.3. The summed E-state index contributed by atoms with van der Waals surface area (Å²) in [6.45, 7) is -0.494. The van der Waals surface area contributed by atoms with Crippen molar-refractivity contribution < 1.29 is 27.2 Å². The minimum Gasteiger partial charge on any atom is -0.748 e. The summed E-state index contributed by atoms with van der Waals surface area (Å²) in [5, 5.41) is 0. The second-order valence-electron chi connectivity index (χ2n) is 3.82. The van der Waals surface area contributed by atoms with Crippen LogP contribution in [0.15, 0.2) is 12.1 Å². The number of carbonyl (C=O) groups excluding carboxylic acids is 1. The van der Waals surface area contributed by atoms with Crippen LogP contribution in [0.4, 0.5) is 0 Å². The van der Waals surface area contributed by atoms with Crippen LogP contribution < -0.4 is 0 Å². The van der Waals surface area contributed by atoms with E-state index in [0.29, 0.717) is 0 Å². The summed E-state index contributed by atoms with van der Waals surface area (Å²) < 4.78 is 44.0. The van der Waals surface area contributed by atoms with E-state index >= 15 is 0 Å². The first-order valence-corrected chi connectivity index (χ1v) is 10.3. The van der Waals surface area contributed by atoms with E-state index in [0.717, 1.165) is 16.3 Å². The molecule has 0 aromatic heterocycles. The van der Waals surface area contributed by atoms with Gasteiger partial charge in [-0.3, -0.25) is 0 Å². The Labute approximate surface area is 163 Å². The zero-order chi connectivity index (χ0) is 16.0. The smallest absolute Gasteiger partial charge is 0.332 e. The van der Waals surface area contributed by atoms with Crippen molar-refractivity contribution >= 4 is 83.9 Å². The minimum atomic E-state index is -4.37. The number of rotatable bonds is 7. The molecule has 0 N–H and O–H groups in total. The third kappa shape index (κ3) is 8.24. The van der Waals surface area contributed by atoms with Crippen LogP contribution in [-0.4, -0.2) is 37.9 Å². The first kappa shape index (κ1) is 19.8. The average molecular weight is 651 g/mol. The van der Waals surface area contributed by atoms with Crippen LogP contribution in [0.2, 0.25) is 0 Å². The highest BCUT2D eigenvalue weighted by atomic mass is 127. The van der Waals surface area contributed by atoms with Crippen molar-refractivity contribution in [1.82, 2.24) is 0 Å². The SMILES string of the molecule is O=C(COCc1c(I)cc(I)cc1I)OCCS(=O)(=O)[O-]. The Balaban J connectivity index is 2.39. The van der Waals surface area contributed by atoms with E-state index in [1.165, 1.54) is 0 Å². The molecule has 0 heterocycles. The molecule has 0 radical (unpaired) electrons. The molecule has 1 rings (SSSR count). The highest BCUT2D eigenvalue weighted by Crippen LogP contribution is 2.23. The molecule has 21 heavy (non-hydrogen) atoms. The first-order chi connectivity index (χ1) is 9.69. The maximum Gasteiger partial charge on any atom is 0.332 e. The van der Waals surface area contributed by atoms with E-state index in [4.69, 9.17) is 4.74 Å². The van der Waals surface area contributed by atoms with Gasteiger partial charge in [-0.15, -0.1) is 0 Å². The fourth-order valence-electron chi connectivity index (χ4n) is 1.25. The summed E-state index contributed by atoms with van der Waals surface area (Å²) in [6.07, 6.45) is 0. The lowest BCUT2D eigenvalue weighted by Crippen LogP contribution is -2.18. The molecule has 0 saturated carbocycles. The van der Waals surface area contributed by atoms with Gasteiger partial charge in [-0.2, -0.15) is 0 Å². The normalized spacial score (nSPS) is 11.4. The predicted molar refractivity (Wildman–Crippen MR) is 99.8 cm³/mol. The Bertz CT molecular complexity index is 593. The molecular weight excluding hydrogens is 641 g/mol. The van der Waals surface area contributed by atoms with Crippen molar-refractivity contribution in [1.29, 1.82) is 0 Å². The van der Waals surface area contributed by atoms with Gasteiger partial charge in [0.15, 0.2) is 0 Å². The van der Waals surface area contributed by atoms with Crippen LogP contribution in [-0.2, 0) is 31.0 Å². The number of carbonyl (C=O) groups is 1. The van der Waals surface area contributed by atoms with Crippen LogP contribution in [0, 0.1) is 10.7 Å². The Hall–Kier alpha value is 0.750. The van der Waals surface area contributed by atoms with Gasteiger partial charge in [-0.1, -0.05) is 0 Å². The quantitative estimate of drug-likeness (QED) is 0.255. The van der Waals surface area contributed by atoms with Gasteiger partial charge in [-0.25, -0.2) is 13.2 Å². The molecule has 0 aliphatic heterocycles. The van der Waals surface area contributed by atoms with Crippen LogP contribution >= 0.6 is 67.8 Å². The molecule has 0 aliphatic carbocycles. The molecule has 0 saturated heterocycles. The van der Waals surface area contributed by atoms with E-state index in [1.54, 1.807) is 0 Å². The zero-order valence-corrected chi connectivity index (χ0v) is 17.8. The fourth-order valence-corrected chi connectivity index (χ4v) is 5.43. The molecule has 118 valence electrons. The van der Waals surface area contributed by atoms with Crippen molar-refractivity contribution in [3.63, 3.8) is 0 Å². The Morgan fingerprint density at radius 3 is 2.29 bits per heavy atom. The van der Waals surface area contributed by atoms with Crippen molar-refractivity contribution in [2.45, 2.75) is 6.61 Å². The summed E-state index contributed by atoms with van der Waals surface area (Å²) in [5.74, 6) is -1.43. The van der Waals surface area contributed by atoms with Gasteiger partial charge in [-0.05, 0) is 79.9 Å². The molecular formula is C11H10I3O6S-. The van der Waals surface area contributed by atoms with Crippen molar-refractivity contribution in [2.24, 2.45) is 0 Å². The number of hydrogen-bond donors (Lipinski definition) is 0. The molecule has 0 aliphatic rings. The number of ether oxygens (including phenoxy) is 2. The lowest BCUT2D eigenvalue weighted by molar-refractivity contribution is -0.148. The zero-order valence-electron chi connectivity index (χ0n) is 10.5. The molecule has 10 heteroatoms. The van der Waals surface area contributed by atoms with Gasteiger partial charge < -0.3 is 14.0 Å². The Kier molecular flexibility index (Phi) is 8.62. The average Bonchev–Trinajstić information content (AvgIpc) is 2.30. The summed E-state index contributed by atoms with van der Waals surface area (Å²) in [7, 11) is -4.37. The predicted octanol–water partition coefficient (Wildman–Crippen LogP) is 2.11. The topological polar surface area (TPSA) is 92.7 Å². The minimum absolute atomic E-state index is 0.252. The molecule has 0 fully saturated rings. The van der Waals surface area contributed by atoms with Gasteiger partial charge >= 0.3 is 5.97 Å². The van der Waals surface area contributed by atoms with E-state index in [9.17, 15) is 17.8 Å². The van der Waals surface area contributed by atoms with Gasteiger partial charge in [0, 0.05) is 16.3 Å². The molecule has 6 nitrogen and oxygen atoms in total. The van der Waals surface area contributed by atoms with Crippen LogP contribution in [0.5, 0.6) is 0 Å². The molecule has 1 aromatic rings. The lowest BCUT2D eigenvalue weighted by Gasteiger charge is -2.10. The summed E-state index contributed by atoms with van der Waals surface area (Å²) in [6, 6.07) is 4.00. The number of halogens is 3. The van der Waals surface area contributed by atoms with Crippen LogP contribution in [0.3, 0.4) is 0 Å². The van der Waals surface area contributed by atoms with Crippen LogP contribution in [0.1, 0.15) is 5.56 Å². The molecule has 0 amide bonds. The van der Waals surface area contributed by atoms with Gasteiger partial charge in [0.05, 0.1) is 22.5 Å². The summed E-state index contributed by atoms with van der Waals surface area (Å²) in [4.78, 5) is 11.3. The molecule has 0 unspecified atom stereocenters. The highest BCUT2D eigenvalue weighted by Gasteiger charge is 2.09. The van der Waals surface area contributed by atoms with Crippen molar-refractivity contribution in [3.8, 4) is 0 Å². The van der Waals surface area contributed by atoms with E-state index < -0.39 is 28.4 Å². The fraction of sp³-hybridized carbons (Fsp3) is 0.364. The maximum atomic E-state index is 11.3. The summed E-state index contributed by atoms with van der Waals surface area (Å²) in [5.41, 5.74) is 0.978. The Morgan fingerprint density at radius 2 is 1.76 bits per heavy atom. The second kappa shape index (κ2) is 9.14. The number of benzene rings is 1. The molecule has 0 spiro atoms. The standard InChI is InChI=1S/C11H11I3O6S/c12-7-3-9(13)8(10(14)4-7)5-19-6-11(15)20-1-2-21(16,17)18/h3-4H,1-2,5-6H2,(H,16,17,18)/p-1. The first-order valence-electron chi connectivity index (χ1n) is 5.49. The third-order valence-corrected chi connectivity index (χ3v) is 5.38. The molecule has 0 atom stereocenters. The van der Waals surface area contributed by atoms with Gasteiger partial charge in [0.1, 0.15) is 13.2 Å². The molecule has 0 bridgehead atoms. The third-order valence-electron chi connectivity index (χ3n) is 2.17. The van der Waals surface area contributed by atoms with Gasteiger partial charge in [0.25, 0.3) is 0 Å². The lowest BCUT2D eigenvalue weighted by atomic mass is 10.2. The van der Waals surface area contributed by atoms with Crippen molar-refractivity contribution in [3.05, 3.63) is 28.4 Å². The van der Waals surface area contributed by atoms with E-state index in [2.05, 4.69) is 72.5 Å². The Morgan fingerprint density at radius 1 is 1.19 bits per heavy atom.